The number of amides is 1. The second-order valence-corrected chi connectivity index (χ2v) is 2.81. The van der Waals surface area contributed by atoms with Crippen LogP contribution in [0, 0.1) is 5.92 Å². The number of ketones is 1. The molecule has 13 heavy (non-hydrogen) atoms. The molecule has 0 aromatic rings. The first kappa shape index (κ1) is 12.3. The number of carbonyl (C=O) groups excluding carboxylic acids is 2. The van der Waals surface area contributed by atoms with Crippen molar-refractivity contribution in [2.24, 2.45) is 5.92 Å². The molecule has 0 aromatic heterocycles. The quantitative estimate of drug-likeness (QED) is 0.687. The molecule has 1 N–H and O–H groups in total. The molecule has 1 unspecified atom stereocenters. The third-order valence-electron chi connectivity index (χ3n) is 1.46. The molecular formula is C7H10ClF2NO2. The van der Waals surface area contributed by atoms with Crippen molar-refractivity contribution in [3.8, 4) is 0 Å². The highest BCUT2D eigenvalue weighted by atomic mass is 35.5. The van der Waals surface area contributed by atoms with Crippen LogP contribution in [0.15, 0.2) is 0 Å². The van der Waals surface area contributed by atoms with Crippen LogP contribution in [0.25, 0.3) is 0 Å². The lowest BCUT2D eigenvalue weighted by Crippen LogP contribution is -2.35. The van der Waals surface area contributed by atoms with E-state index in [-0.39, 0.29) is 18.2 Å². The van der Waals surface area contributed by atoms with Crippen LogP contribution in [-0.4, -0.2) is 30.5 Å². The maximum Gasteiger partial charge on any atom is 0.315 e. The molecule has 0 aliphatic rings. The highest BCUT2D eigenvalue weighted by molar-refractivity contribution is 6.27. The van der Waals surface area contributed by atoms with Crippen molar-refractivity contribution in [1.82, 2.24) is 5.32 Å². The van der Waals surface area contributed by atoms with Gasteiger partial charge in [-0.15, -0.1) is 11.6 Å². The zero-order valence-corrected chi connectivity index (χ0v) is 7.78. The van der Waals surface area contributed by atoms with Crippen molar-refractivity contribution in [2.45, 2.75) is 13.3 Å². The van der Waals surface area contributed by atoms with Crippen molar-refractivity contribution >= 4 is 23.3 Å². The number of Topliss-reactive ketones (excluding diaryl/α,β-unsaturated/α-hetero) is 1. The van der Waals surface area contributed by atoms with Gasteiger partial charge >= 0.3 is 6.43 Å². The van der Waals surface area contributed by atoms with E-state index in [9.17, 15) is 18.4 Å². The topological polar surface area (TPSA) is 46.2 Å². The Balaban J connectivity index is 3.76. The molecule has 0 saturated carbocycles. The van der Waals surface area contributed by atoms with Gasteiger partial charge in [-0.05, 0) is 0 Å². The van der Waals surface area contributed by atoms with Crippen LogP contribution in [0.1, 0.15) is 6.92 Å². The molecule has 0 rings (SSSR count). The summed E-state index contributed by atoms with van der Waals surface area (Å²) in [5.41, 5.74) is 0. The first-order chi connectivity index (χ1) is 5.99. The zero-order chi connectivity index (χ0) is 10.4. The minimum Gasteiger partial charge on any atom is -0.350 e. The Morgan fingerprint density at radius 2 is 2.00 bits per heavy atom. The predicted octanol–water partition coefficient (Wildman–Crippen LogP) is 0.812. The summed E-state index contributed by atoms with van der Waals surface area (Å²) in [6, 6.07) is 0. The van der Waals surface area contributed by atoms with Crippen LogP contribution in [0.3, 0.4) is 0 Å². The predicted molar refractivity (Wildman–Crippen MR) is 43.9 cm³/mol. The number of carbonyl (C=O) groups is 2. The number of rotatable bonds is 5. The van der Waals surface area contributed by atoms with Gasteiger partial charge in [-0.25, -0.2) is 0 Å². The number of alkyl halides is 3. The van der Waals surface area contributed by atoms with E-state index < -0.39 is 18.3 Å². The Hall–Kier alpha value is -0.710. The summed E-state index contributed by atoms with van der Waals surface area (Å²) >= 11 is 5.21. The van der Waals surface area contributed by atoms with Gasteiger partial charge in [0.25, 0.3) is 5.91 Å². The fourth-order valence-electron chi connectivity index (χ4n) is 0.576. The molecule has 0 spiro atoms. The van der Waals surface area contributed by atoms with Crippen LogP contribution in [0.4, 0.5) is 8.78 Å². The van der Waals surface area contributed by atoms with Gasteiger partial charge in [0.1, 0.15) is 0 Å². The van der Waals surface area contributed by atoms with Gasteiger partial charge in [-0.2, -0.15) is 8.78 Å². The highest BCUT2D eigenvalue weighted by Crippen LogP contribution is 1.98. The van der Waals surface area contributed by atoms with Gasteiger partial charge < -0.3 is 5.32 Å². The van der Waals surface area contributed by atoms with Gasteiger partial charge in [0, 0.05) is 12.5 Å². The van der Waals surface area contributed by atoms with Crippen LogP contribution >= 0.6 is 11.6 Å². The second-order valence-electron chi connectivity index (χ2n) is 2.55. The molecule has 1 atom stereocenters. The number of halogens is 3. The van der Waals surface area contributed by atoms with E-state index in [0.717, 1.165) is 0 Å². The van der Waals surface area contributed by atoms with Gasteiger partial charge in [-0.3, -0.25) is 9.59 Å². The standard InChI is InChI=1S/C7H10ClF2NO2/c1-4(5(12)2-8)3-11-7(13)6(9)10/h4,6H,2-3H2,1H3,(H,11,13). The lowest BCUT2D eigenvalue weighted by molar-refractivity contribution is -0.132. The van der Waals surface area contributed by atoms with E-state index in [2.05, 4.69) is 0 Å². The smallest absolute Gasteiger partial charge is 0.315 e. The molecule has 76 valence electrons. The first-order valence-corrected chi connectivity index (χ1v) is 4.17. The van der Waals surface area contributed by atoms with E-state index >= 15 is 0 Å². The van der Waals surface area contributed by atoms with E-state index in [4.69, 9.17) is 11.6 Å². The summed E-state index contributed by atoms with van der Waals surface area (Å²) in [6.45, 7) is 1.41. The Kier molecular flexibility index (Phi) is 5.53. The third-order valence-corrected chi connectivity index (χ3v) is 1.73. The second kappa shape index (κ2) is 5.85. The van der Waals surface area contributed by atoms with Crippen molar-refractivity contribution in [1.29, 1.82) is 0 Å². The highest BCUT2D eigenvalue weighted by Gasteiger charge is 2.17. The molecule has 0 aliphatic carbocycles. The maximum atomic E-state index is 11.6. The zero-order valence-electron chi connectivity index (χ0n) is 7.02. The van der Waals surface area contributed by atoms with Crippen molar-refractivity contribution in [3.63, 3.8) is 0 Å². The van der Waals surface area contributed by atoms with E-state index in [1.165, 1.54) is 6.92 Å². The van der Waals surface area contributed by atoms with E-state index in [1.54, 1.807) is 0 Å². The lowest BCUT2D eigenvalue weighted by atomic mass is 10.1. The molecule has 3 nitrogen and oxygen atoms in total. The molecule has 0 aliphatic heterocycles. The van der Waals surface area contributed by atoms with Crippen molar-refractivity contribution in [2.75, 3.05) is 12.4 Å². The molecule has 0 fully saturated rings. The summed E-state index contributed by atoms with van der Waals surface area (Å²) in [5.74, 6) is -2.35. The van der Waals surface area contributed by atoms with E-state index in [1.807, 2.05) is 5.32 Å². The summed E-state index contributed by atoms with van der Waals surface area (Å²) in [7, 11) is 0. The van der Waals surface area contributed by atoms with Gasteiger partial charge in [0.05, 0.1) is 5.88 Å². The average molecular weight is 214 g/mol. The Morgan fingerprint density at radius 3 is 2.38 bits per heavy atom. The summed E-state index contributed by atoms with van der Waals surface area (Å²) in [5, 5.41) is 1.93. The minimum absolute atomic E-state index is 0.102. The number of hydrogen-bond acceptors (Lipinski definition) is 2. The van der Waals surface area contributed by atoms with Gasteiger partial charge in [-0.1, -0.05) is 6.92 Å². The molecule has 0 bridgehead atoms. The molecule has 0 aromatic carbocycles. The van der Waals surface area contributed by atoms with Crippen molar-refractivity contribution in [3.05, 3.63) is 0 Å². The molecule has 0 heterocycles. The molecular weight excluding hydrogens is 204 g/mol. The SMILES string of the molecule is CC(CNC(=O)C(F)F)C(=O)CCl. The average Bonchev–Trinajstić information content (AvgIpc) is 2.11. The first-order valence-electron chi connectivity index (χ1n) is 3.63. The lowest BCUT2D eigenvalue weighted by Gasteiger charge is -2.09. The van der Waals surface area contributed by atoms with Crippen LogP contribution in [-0.2, 0) is 9.59 Å². The van der Waals surface area contributed by atoms with Crippen LogP contribution in [0.5, 0.6) is 0 Å². The van der Waals surface area contributed by atoms with Crippen LogP contribution < -0.4 is 5.32 Å². The van der Waals surface area contributed by atoms with Crippen LogP contribution in [0.2, 0.25) is 0 Å². The summed E-state index contributed by atoms with van der Waals surface area (Å²) in [6.07, 6.45) is -3.04. The Bertz CT molecular complexity index is 199. The number of nitrogens with one attached hydrogen (secondary N) is 1. The largest absolute Gasteiger partial charge is 0.350 e. The Labute approximate surface area is 79.4 Å². The third kappa shape index (κ3) is 4.77. The number of hydrogen-bond donors (Lipinski definition) is 1. The molecule has 1 amide bonds. The van der Waals surface area contributed by atoms with Crippen molar-refractivity contribution < 1.29 is 18.4 Å². The fraction of sp³-hybridized carbons (Fsp3) is 0.714. The van der Waals surface area contributed by atoms with E-state index in [0.29, 0.717) is 0 Å². The Morgan fingerprint density at radius 1 is 1.46 bits per heavy atom. The van der Waals surface area contributed by atoms with Gasteiger partial charge in [0.2, 0.25) is 0 Å². The normalized spacial score (nSPS) is 12.7. The summed E-state index contributed by atoms with van der Waals surface area (Å²) in [4.78, 5) is 21.2. The maximum absolute atomic E-state index is 11.6. The molecule has 0 saturated heterocycles. The molecule has 0 radical (unpaired) electrons. The summed E-state index contributed by atoms with van der Waals surface area (Å²) < 4.78 is 23.3. The van der Waals surface area contributed by atoms with Gasteiger partial charge in [0.15, 0.2) is 5.78 Å². The molecule has 6 heteroatoms. The monoisotopic (exact) mass is 213 g/mol. The fourth-order valence-corrected chi connectivity index (χ4v) is 0.840. The minimum atomic E-state index is -3.04.